The molecule has 0 saturated carbocycles. The highest BCUT2D eigenvalue weighted by atomic mass is 31.2. The highest BCUT2D eigenvalue weighted by Crippen LogP contribution is 2.61. The van der Waals surface area contributed by atoms with Gasteiger partial charge in [-0.2, -0.15) is 0 Å². The second-order valence-corrected chi connectivity index (χ2v) is 27.9. The van der Waals surface area contributed by atoms with Crippen molar-refractivity contribution >= 4 is 77.1 Å². The lowest BCUT2D eigenvalue weighted by Gasteiger charge is -2.47. The minimum atomic E-state index is -4.84. The molecule has 2 fully saturated rings. The molecule has 8 bridgehead atoms. The van der Waals surface area contributed by atoms with Crippen LogP contribution in [-0.2, 0) is 42.6 Å². The lowest BCUT2D eigenvalue weighted by Crippen LogP contribution is -2.55. The first-order valence-corrected chi connectivity index (χ1v) is 31.2. The summed E-state index contributed by atoms with van der Waals surface area (Å²) in [5.74, 6) is -8.12. The number of primary amides is 5. The summed E-state index contributed by atoms with van der Waals surface area (Å²) in [6.07, 6.45) is -1.17. The molecule has 1 aromatic heterocycles. The number of ether oxygens (including phenoxy) is 1. The van der Waals surface area contributed by atoms with Crippen molar-refractivity contribution in [3.8, 4) is 0 Å². The number of aryl methyl sites for hydroxylation is 2. The molecule has 8 rings (SSSR count). The molecule has 2 unspecified atom stereocenters. The van der Waals surface area contributed by atoms with Crippen LogP contribution in [-0.4, -0.2) is 132 Å². The second kappa shape index (κ2) is 24.9. The fourth-order valence-electron chi connectivity index (χ4n) is 14.9. The van der Waals surface area contributed by atoms with Gasteiger partial charge in [-0.3, -0.25) is 48.3 Å². The monoisotopic (exact) mass is 1230 g/mol. The lowest BCUT2D eigenvalue weighted by molar-refractivity contribution is -0.220. The summed E-state index contributed by atoms with van der Waals surface area (Å²) in [5.41, 5.74) is 30.3. The molecule has 2 saturated heterocycles. The molecule has 6 amide bonds. The molecule has 2 aromatic rings. The summed E-state index contributed by atoms with van der Waals surface area (Å²) in [5, 5.41) is 48.7. The normalized spacial score (nSPS) is 33.2. The number of nitrogens with two attached hydrogens (primary N) is 5. The van der Waals surface area contributed by atoms with Crippen LogP contribution in [0, 0.1) is 65.1 Å². The second-order valence-electron chi connectivity index (χ2n) is 26.0. The number of benzene rings is 1. The molecule has 16 N–H and O–H groups in total. The first-order valence-electron chi connectivity index (χ1n) is 29.6. The van der Waals surface area contributed by atoms with E-state index in [-0.39, 0.29) is 77.2 Å². The average molecular weight is 1230 g/mol. The van der Waals surface area contributed by atoms with Crippen molar-refractivity contribution in [3.05, 3.63) is 64.4 Å². The zero-order valence-electron chi connectivity index (χ0n) is 50.9. The van der Waals surface area contributed by atoms with Gasteiger partial charge in [0.15, 0.2) is 6.23 Å². The maximum atomic E-state index is 14.2. The van der Waals surface area contributed by atoms with Crippen LogP contribution in [0.1, 0.15) is 136 Å². The van der Waals surface area contributed by atoms with Gasteiger partial charge in [-0.1, -0.05) is 27.7 Å². The van der Waals surface area contributed by atoms with E-state index in [2.05, 4.69) is 15.6 Å². The van der Waals surface area contributed by atoms with Crippen LogP contribution in [0.25, 0.3) is 11.0 Å². The molecule has 0 radical (unpaired) electrons. The molecule has 1 aromatic carbocycles. The molecular formula is C60H85N13O13P-. The topological polar surface area (TPSA) is 455 Å². The first kappa shape index (κ1) is 66.0. The minimum absolute atomic E-state index is 0.0285. The van der Waals surface area contributed by atoms with Gasteiger partial charge in [0.1, 0.15) is 17.9 Å². The number of nitrogens with zero attached hydrogens (tertiary/aromatic N) is 5. The summed E-state index contributed by atoms with van der Waals surface area (Å²) < 4.78 is 27.5. The van der Waals surface area contributed by atoms with Gasteiger partial charge in [0, 0.05) is 125 Å². The van der Waals surface area contributed by atoms with Crippen LogP contribution in [0.4, 0.5) is 0 Å². The number of hydrogen-bond donors (Lipinski definition) is 11. The molecule has 87 heavy (non-hydrogen) atoms. The van der Waals surface area contributed by atoms with E-state index in [1.54, 1.807) is 17.6 Å². The third kappa shape index (κ3) is 12.7. The molecule has 15 atom stereocenters. The molecule has 26 nitrogen and oxygen atoms in total. The van der Waals surface area contributed by atoms with Gasteiger partial charge >= 0.3 is 7.60 Å². The third-order valence-electron chi connectivity index (χ3n) is 19.8. The van der Waals surface area contributed by atoms with Gasteiger partial charge in [-0.05, 0) is 114 Å². The molecular weight excluding hydrogens is 1140 g/mol. The number of carbonyl (C=O) groups excluding carboxylic acids is 6. The van der Waals surface area contributed by atoms with Crippen molar-refractivity contribution in [2.24, 2.45) is 89.5 Å². The van der Waals surface area contributed by atoms with Crippen molar-refractivity contribution in [2.75, 3.05) is 13.2 Å². The Hall–Kier alpha value is -6.96. The van der Waals surface area contributed by atoms with E-state index >= 15 is 0 Å². The highest BCUT2D eigenvalue weighted by Gasteiger charge is 2.64. The number of carbonyl (C=O) groups is 6. The Kier molecular flexibility index (Phi) is 18.9. The first-order chi connectivity index (χ1) is 40.6. The van der Waals surface area contributed by atoms with Gasteiger partial charge < -0.3 is 78.8 Å². The number of fused-ring (bicyclic) bond motifs is 7. The molecule has 0 aliphatic carbocycles. The average Bonchev–Trinajstić information content (AvgIpc) is 1.55. The Balaban J connectivity index is 1.19. The molecule has 6 aliphatic heterocycles. The van der Waals surface area contributed by atoms with Crippen molar-refractivity contribution in [3.63, 3.8) is 0 Å². The Bertz CT molecular complexity index is 3410. The largest absolute Gasteiger partial charge is 0.862 e. The summed E-state index contributed by atoms with van der Waals surface area (Å²) in [6.45, 7) is 15.5. The number of aliphatic imine (C=N–C) groups is 3. The van der Waals surface area contributed by atoms with Crippen molar-refractivity contribution in [1.82, 2.24) is 20.2 Å². The van der Waals surface area contributed by atoms with Gasteiger partial charge in [-0.25, -0.2) is 4.98 Å². The van der Waals surface area contributed by atoms with Crippen LogP contribution in [0.3, 0.4) is 0 Å². The van der Waals surface area contributed by atoms with Crippen molar-refractivity contribution < 1.29 is 62.8 Å². The molecule has 0 spiro atoms. The summed E-state index contributed by atoms with van der Waals surface area (Å²) in [4.78, 5) is 112. The fourth-order valence-corrected chi connectivity index (χ4v) is 16.7. The van der Waals surface area contributed by atoms with E-state index in [4.69, 9.17) is 58.3 Å². The maximum Gasteiger partial charge on any atom is 0.337 e. The van der Waals surface area contributed by atoms with Crippen LogP contribution in [0.15, 0.2) is 68.3 Å². The standard InChI is InChI=1S/C60H86N13O13P/c1-28-18-39-40(19-29(28)2)73(27-68-39)56-53(82)54(41(26-74)85-56)87(83,84)86-30(3)25-67-50(81)17-10-32-33(20-47(64)78)55-60(9)59(8,24-49(66)80)35(12-15-45(62)76)38(72-60)22-43-58(7,23-48(65)79)34(11-14-44(61)75)37(69-43)21-42-57(5,6)36(13-16-46(63)77)52(70-42)31(4)51(32)71-55/h18-19,21-22,27,30,32-36,41,53-56,69,74,82H,10-17,20,23-26H2,1-9H3,(H2,61,75)(H2,62,76)(H2,63,77)(H2,64,78)(H2,65,79)(H2,66,80)(H,67,81)(H,83,84)/p-1/b37-21-,43-22?,52-31-/t30-,32-,33-,34-,35-,36-,41-,53-,54-,55?,56+,58+,59+,60-/m1/s1. The molecule has 474 valence electrons. The Morgan fingerprint density at radius 3 is 2.11 bits per heavy atom. The number of hydrogen-bond acceptors (Lipinski definition) is 18. The quantitative estimate of drug-likeness (QED) is 0.0386. The van der Waals surface area contributed by atoms with Crippen LogP contribution in [0.2, 0.25) is 0 Å². The summed E-state index contributed by atoms with van der Waals surface area (Å²) >= 11 is 0. The number of allylic oxidation sites excluding steroid dienone is 6. The van der Waals surface area contributed by atoms with Gasteiger partial charge in [-0.15, -0.1) is 0 Å². The fraction of sp³-hybridized carbons (Fsp3) is 0.617. The molecule has 27 heteroatoms. The maximum absolute atomic E-state index is 14.2. The predicted octanol–water partition coefficient (Wildman–Crippen LogP) is 2.30. The van der Waals surface area contributed by atoms with E-state index in [1.807, 2.05) is 66.7 Å². The van der Waals surface area contributed by atoms with Crippen LogP contribution in [0.5, 0.6) is 0 Å². The smallest absolute Gasteiger partial charge is 0.337 e. The number of aliphatic hydroxyl groups excluding tert-OH is 2. The zero-order chi connectivity index (χ0) is 64.2. The Morgan fingerprint density at radius 1 is 0.874 bits per heavy atom. The van der Waals surface area contributed by atoms with Gasteiger partial charge in [0.05, 0.1) is 41.7 Å². The van der Waals surface area contributed by atoms with Crippen molar-refractivity contribution in [1.29, 1.82) is 5.41 Å². The molecule has 6 aliphatic rings. The SMILES string of the molecule is C/C1=C2N=C(/C=C3\NC(=CC4=N[C@](C)(C5N=C1[C@H](CCC(=O)NC[C@@H](C)OP(=O)(O)[C@H]1[C@@H](O)[C@@H](n6cnc7cc(C)c(C)cc76)O[C@@H]1CO)[C@H]5CC(N)=O)[C@@](C)(CC(N)=O)[C@@H]4CCC(N)=O)[C@@](C)(CC(N)=O)[C@@H]3CCC(=N)[O-])C(C)(C)[C@@H]/2CCC(N)=O. The third-order valence-corrected chi connectivity index (χ3v) is 21.8. The van der Waals surface area contributed by atoms with Gasteiger partial charge in [0.2, 0.25) is 35.4 Å². The number of amides is 6. The predicted molar refractivity (Wildman–Crippen MR) is 322 cm³/mol. The van der Waals surface area contributed by atoms with E-state index in [0.717, 1.165) is 11.1 Å². The number of aromatic nitrogens is 2. The van der Waals surface area contributed by atoms with Crippen molar-refractivity contribution in [2.45, 2.75) is 175 Å². The number of rotatable bonds is 25. The summed E-state index contributed by atoms with van der Waals surface area (Å²) in [6, 6.07) is 2.72. The lowest BCUT2D eigenvalue weighted by atomic mass is 9.57. The van der Waals surface area contributed by atoms with E-state index in [9.17, 15) is 53.5 Å². The zero-order valence-corrected chi connectivity index (χ0v) is 51.8. The number of imidazole rings is 1. The van der Waals surface area contributed by atoms with Crippen LogP contribution >= 0.6 is 7.60 Å². The molecule has 7 heterocycles. The van der Waals surface area contributed by atoms with Gasteiger partial charge in [0.25, 0.3) is 0 Å². The number of aliphatic hydroxyl groups is 2. The van der Waals surface area contributed by atoms with E-state index < -0.39 is 143 Å². The summed E-state index contributed by atoms with van der Waals surface area (Å²) in [7, 11) is -4.84. The number of nitrogens with one attached hydrogen (secondary N) is 3. The highest BCUT2D eigenvalue weighted by molar-refractivity contribution is 7.53. The van der Waals surface area contributed by atoms with E-state index in [0.29, 0.717) is 50.8 Å². The Labute approximate surface area is 505 Å². The van der Waals surface area contributed by atoms with E-state index in [1.165, 1.54) is 13.3 Å². The Morgan fingerprint density at radius 2 is 1.51 bits per heavy atom. The van der Waals surface area contributed by atoms with Crippen LogP contribution < -0.4 is 44.4 Å². The minimum Gasteiger partial charge on any atom is -0.862 e.